The maximum Gasteiger partial charge on any atom is 0.258 e. The molecule has 6 nitrogen and oxygen atoms in total. The smallest absolute Gasteiger partial charge is 0.258 e. The highest BCUT2D eigenvalue weighted by molar-refractivity contribution is 7.89. The highest BCUT2D eigenvalue weighted by Gasteiger charge is 2.33. The van der Waals surface area contributed by atoms with Crippen LogP contribution in [0.25, 0.3) is 0 Å². The van der Waals surface area contributed by atoms with Gasteiger partial charge in [-0.2, -0.15) is 5.10 Å². The van der Waals surface area contributed by atoms with Crippen LogP contribution in [0.1, 0.15) is 26.7 Å². The summed E-state index contributed by atoms with van der Waals surface area (Å²) in [5, 5.41) is 7.47. The highest BCUT2D eigenvalue weighted by atomic mass is 32.2. The van der Waals surface area contributed by atoms with Crippen LogP contribution in [0.15, 0.2) is 17.3 Å². The number of aromatic nitrogens is 2. The van der Waals surface area contributed by atoms with E-state index in [0.29, 0.717) is 6.54 Å². The molecule has 0 aliphatic carbocycles. The first-order valence-electron chi connectivity index (χ1n) is 6.23. The van der Waals surface area contributed by atoms with Crippen LogP contribution >= 0.6 is 0 Å². The first-order chi connectivity index (χ1) is 8.47. The molecule has 0 bridgehead atoms. The molecule has 1 aromatic heterocycles. The Balaban J connectivity index is 2.21. The SMILES string of the molecule is CCn1nccc1S(=O)(=O)NC1(C)CCNCC1. The van der Waals surface area contributed by atoms with Gasteiger partial charge in [0.25, 0.3) is 10.0 Å². The van der Waals surface area contributed by atoms with Crippen molar-refractivity contribution >= 4 is 10.0 Å². The maximum absolute atomic E-state index is 12.4. The molecule has 0 aromatic carbocycles. The molecule has 18 heavy (non-hydrogen) atoms. The lowest BCUT2D eigenvalue weighted by Gasteiger charge is -2.34. The van der Waals surface area contributed by atoms with Gasteiger partial charge in [0.15, 0.2) is 5.03 Å². The third-order valence-corrected chi connectivity index (χ3v) is 5.00. The van der Waals surface area contributed by atoms with E-state index in [-0.39, 0.29) is 10.6 Å². The second-order valence-electron chi connectivity index (χ2n) is 4.90. The van der Waals surface area contributed by atoms with Gasteiger partial charge < -0.3 is 5.32 Å². The number of nitrogens with one attached hydrogen (secondary N) is 2. The normalized spacial score (nSPS) is 19.9. The standard InChI is InChI=1S/C11H20N4O2S/c1-3-15-10(4-7-13-15)18(16,17)14-11(2)5-8-12-9-6-11/h4,7,12,14H,3,5-6,8-9H2,1-2H3. The molecule has 2 rings (SSSR count). The summed E-state index contributed by atoms with van der Waals surface area (Å²) >= 11 is 0. The van der Waals surface area contributed by atoms with Crippen molar-refractivity contribution in [2.75, 3.05) is 13.1 Å². The van der Waals surface area contributed by atoms with Gasteiger partial charge in [0.1, 0.15) is 0 Å². The summed E-state index contributed by atoms with van der Waals surface area (Å²) in [6.07, 6.45) is 3.11. The van der Waals surface area contributed by atoms with E-state index in [0.717, 1.165) is 25.9 Å². The minimum absolute atomic E-state index is 0.241. The van der Waals surface area contributed by atoms with E-state index in [1.54, 1.807) is 0 Å². The third-order valence-electron chi connectivity index (χ3n) is 3.34. The number of rotatable bonds is 4. The number of hydrogen-bond donors (Lipinski definition) is 2. The largest absolute Gasteiger partial charge is 0.317 e. The molecule has 0 atom stereocenters. The molecule has 1 aromatic rings. The molecule has 2 heterocycles. The molecule has 2 N–H and O–H groups in total. The summed E-state index contributed by atoms with van der Waals surface area (Å²) < 4.78 is 29.0. The number of aryl methyl sites for hydroxylation is 1. The lowest BCUT2D eigenvalue weighted by molar-refractivity contribution is 0.307. The molecule has 0 saturated carbocycles. The Kier molecular flexibility index (Phi) is 3.74. The van der Waals surface area contributed by atoms with Crippen LogP contribution in [0.3, 0.4) is 0 Å². The van der Waals surface area contributed by atoms with E-state index < -0.39 is 10.0 Å². The number of piperidine rings is 1. The quantitative estimate of drug-likeness (QED) is 0.828. The number of sulfonamides is 1. The van der Waals surface area contributed by atoms with Crippen molar-refractivity contribution in [1.82, 2.24) is 19.8 Å². The van der Waals surface area contributed by atoms with Crippen LogP contribution in [0.5, 0.6) is 0 Å². The van der Waals surface area contributed by atoms with E-state index in [9.17, 15) is 8.42 Å². The third kappa shape index (κ3) is 2.73. The van der Waals surface area contributed by atoms with Crippen molar-refractivity contribution in [3.63, 3.8) is 0 Å². The minimum atomic E-state index is -3.50. The fraction of sp³-hybridized carbons (Fsp3) is 0.727. The van der Waals surface area contributed by atoms with Crippen molar-refractivity contribution in [3.05, 3.63) is 12.3 Å². The van der Waals surface area contributed by atoms with E-state index in [4.69, 9.17) is 0 Å². The van der Waals surface area contributed by atoms with E-state index in [1.165, 1.54) is 16.9 Å². The predicted molar refractivity (Wildman–Crippen MR) is 68.7 cm³/mol. The van der Waals surface area contributed by atoms with Gasteiger partial charge in [-0.3, -0.25) is 4.68 Å². The summed E-state index contributed by atoms with van der Waals surface area (Å²) in [5.74, 6) is 0. The molecule has 1 aliphatic rings. The second-order valence-corrected chi connectivity index (χ2v) is 6.53. The molecule has 102 valence electrons. The van der Waals surface area contributed by atoms with Crippen molar-refractivity contribution in [3.8, 4) is 0 Å². The van der Waals surface area contributed by atoms with Gasteiger partial charge in [-0.25, -0.2) is 13.1 Å². The first-order valence-corrected chi connectivity index (χ1v) is 7.72. The molecule has 1 aliphatic heterocycles. The first kappa shape index (κ1) is 13.5. The molecule has 0 unspecified atom stereocenters. The van der Waals surface area contributed by atoms with Crippen LogP contribution in [-0.2, 0) is 16.6 Å². The molecule has 1 saturated heterocycles. The summed E-state index contributed by atoms with van der Waals surface area (Å²) in [6.45, 7) is 6.05. The van der Waals surface area contributed by atoms with Crippen LogP contribution in [0, 0.1) is 0 Å². The Morgan fingerprint density at radius 3 is 2.78 bits per heavy atom. The zero-order valence-corrected chi connectivity index (χ0v) is 11.6. The van der Waals surface area contributed by atoms with Gasteiger partial charge in [-0.05, 0) is 45.8 Å². The summed E-state index contributed by atoms with van der Waals surface area (Å²) in [4.78, 5) is 0. The van der Waals surface area contributed by atoms with Crippen LogP contribution in [-0.4, -0.2) is 36.8 Å². The fourth-order valence-electron chi connectivity index (χ4n) is 2.24. The Morgan fingerprint density at radius 1 is 1.50 bits per heavy atom. The van der Waals surface area contributed by atoms with Crippen LogP contribution in [0.2, 0.25) is 0 Å². The highest BCUT2D eigenvalue weighted by Crippen LogP contribution is 2.21. The molecule has 0 spiro atoms. The van der Waals surface area contributed by atoms with Crippen molar-refractivity contribution in [2.24, 2.45) is 0 Å². The monoisotopic (exact) mass is 272 g/mol. The summed E-state index contributed by atoms with van der Waals surface area (Å²) in [5.41, 5.74) is -0.368. The van der Waals surface area contributed by atoms with E-state index in [2.05, 4.69) is 15.1 Å². The maximum atomic E-state index is 12.4. The van der Waals surface area contributed by atoms with Gasteiger partial charge in [-0.15, -0.1) is 0 Å². The lowest BCUT2D eigenvalue weighted by atomic mass is 9.92. The Morgan fingerprint density at radius 2 is 2.17 bits per heavy atom. The van der Waals surface area contributed by atoms with Crippen molar-refractivity contribution in [1.29, 1.82) is 0 Å². The van der Waals surface area contributed by atoms with Gasteiger partial charge in [0, 0.05) is 12.1 Å². The average Bonchev–Trinajstić information content (AvgIpc) is 2.77. The van der Waals surface area contributed by atoms with Gasteiger partial charge >= 0.3 is 0 Å². The van der Waals surface area contributed by atoms with E-state index in [1.807, 2.05) is 13.8 Å². The lowest BCUT2D eigenvalue weighted by Crippen LogP contribution is -2.52. The van der Waals surface area contributed by atoms with Gasteiger partial charge in [0.05, 0.1) is 6.20 Å². The van der Waals surface area contributed by atoms with Gasteiger partial charge in [-0.1, -0.05) is 0 Å². The number of nitrogens with zero attached hydrogens (tertiary/aromatic N) is 2. The second kappa shape index (κ2) is 4.99. The molecule has 0 radical (unpaired) electrons. The molecule has 0 amide bonds. The Hall–Kier alpha value is -0.920. The van der Waals surface area contributed by atoms with Crippen LogP contribution in [0.4, 0.5) is 0 Å². The van der Waals surface area contributed by atoms with Crippen molar-refractivity contribution in [2.45, 2.75) is 43.8 Å². The van der Waals surface area contributed by atoms with E-state index >= 15 is 0 Å². The average molecular weight is 272 g/mol. The summed E-state index contributed by atoms with van der Waals surface area (Å²) in [7, 11) is -3.50. The van der Waals surface area contributed by atoms with Crippen molar-refractivity contribution < 1.29 is 8.42 Å². The minimum Gasteiger partial charge on any atom is -0.317 e. The summed E-state index contributed by atoms with van der Waals surface area (Å²) in [6, 6.07) is 1.54. The zero-order chi connectivity index (χ0) is 13.2. The van der Waals surface area contributed by atoms with Gasteiger partial charge in [0.2, 0.25) is 0 Å². The molecular formula is C11H20N4O2S. The van der Waals surface area contributed by atoms with Crippen LogP contribution < -0.4 is 10.0 Å². The number of hydrogen-bond acceptors (Lipinski definition) is 4. The Labute approximate surface area is 108 Å². The predicted octanol–water partition coefficient (Wildman–Crippen LogP) is 0.323. The Bertz CT molecular complexity index is 503. The topological polar surface area (TPSA) is 76.0 Å². The molecular weight excluding hydrogens is 252 g/mol. The fourth-order valence-corrected chi connectivity index (χ4v) is 3.89. The molecule has 1 fully saturated rings. The zero-order valence-electron chi connectivity index (χ0n) is 10.8. The molecule has 7 heteroatoms.